The van der Waals surface area contributed by atoms with E-state index >= 15 is 0 Å². The quantitative estimate of drug-likeness (QED) is 0.0321. The average molecular weight is 557 g/mol. The van der Waals surface area contributed by atoms with Gasteiger partial charge < -0.3 is 37.8 Å². The number of aliphatic imine (C=N–C) groups is 1. The molecule has 0 aromatic rings. The van der Waals surface area contributed by atoms with Gasteiger partial charge in [-0.1, -0.05) is 6.42 Å². The Balaban J connectivity index is 2.63. The van der Waals surface area contributed by atoms with Crippen LogP contribution in [0, 0.1) is 11.3 Å². The molecule has 0 amide bonds. The molecule has 14 nitrogen and oxygen atoms in total. The average Bonchev–Trinajstić information content (AvgIpc) is 3.60. The van der Waals surface area contributed by atoms with Gasteiger partial charge in [0.05, 0.1) is 12.2 Å². The van der Waals surface area contributed by atoms with Gasteiger partial charge in [0.1, 0.15) is 0 Å². The predicted octanol–water partition coefficient (Wildman–Crippen LogP) is -0.944. The second-order valence-corrected chi connectivity index (χ2v) is 10.6. The van der Waals surface area contributed by atoms with Crippen LogP contribution in [0.15, 0.2) is 16.9 Å². The zero-order valence-electron chi connectivity index (χ0n) is 22.7. The molecule has 2 aliphatic rings. The van der Waals surface area contributed by atoms with Crippen LogP contribution in [0.4, 0.5) is 0 Å². The largest absolute Gasteiger partial charge is 0.480 e. The molecule has 2 saturated heterocycles. The van der Waals surface area contributed by atoms with Crippen LogP contribution in [0.3, 0.4) is 0 Å². The number of hydroxylamine groups is 2. The van der Waals surface area contributed by atoms with Crippen LogP contribution >= 0.6 is 0 Å². The van der Waals surface area contributed by atoms with E-state index in [0.29, 0.717) is 43.6 Å². The van der Waals surface area contributed by atoms with Gasteiger partial charge in [0.2, 0.25) is 0 Å². The number of nitrogens with two attached hydrogens (primary N) is 4. The smallest absolute Gasteiger partial charge is 0.323 e. The zero-order chi connectivity index (χ0) is 29.1. The number of aliphatic hydroxyl groups is 1. The highest BCUT2D eigenvalue weighted by Crippen LogP contribution is 2.44. The number of rotatable bonds is 18. The van der Waals surface area contributed by atoms with Gasteiger partial charge in [0.25, 0.3) is 0 Å². The number of nitrogens with one attached hydrogen (secondary N) is 2. The molecule has 2 rings (SSSR count). The Kier molecular flexibility index (Phi) is 13.0. The van der Waals surface area contributed by atoms with Crippen LogP contribution in [-0.2, 0) is 9.59 Å². The van der Waals surface area contributed by atoms with Crippen molar-refractivity contribution in [1.29, 1.82) is 0 Å². The molecular weight excluding hydrogens is 508 g/mol. The number of carbonyl (C=O) groups is 2. The van der Waals surface area contributed by atoms with Crippen molar-refractivity contribution in [3.05, 3.63) is 11.9 Å². The normalized spacial score (nSPS) is 23.6. The molecule has 2 aliphatic heterocycles. The minimum atomic E-state index is -2.75. The monoisotopic (exact) mass is 556 g/mol. The first-order chi connectivity index (χ1) is 18.5. The first-order valence-corrected chi connectivity index (χ1v) is 13.9. The van der Waals surface area contributed by atoms with Crippen molar-refractivity contribution in [1.82, 2.24) is 15.7 Å². The lowest BCUT2D eigenvalue weighted by Crippen LogP contribution is -2.67. The summed E-state index contributed by atoms with van der Waals surface area (Å²) in [6, 6.07) is -1.79. The minimum absolute atomic E-state index is 0.0705. The number of carboxylic acid groups (broad SMARTS) is 2. The standard InChI is InChI=1S/C25H48N8O6/c26-11-3-1-8-19(24(29,38)16-32-21-10-6-14-31-21)25(22(34)35,23(36)37)20(9-2-4-12-27)33(39)15-17(28)18-7-5-13-30-18/h15-16,18-21,30-31,38-39H,1-14,26-29H2,(H,34,35)(H,36,37)/b17-15+,32-16?. The van der Waals surface area contributed by atoms with Gasteiger partial charge in [0, 0.05) is 30.1 Å². The second-order valence-electron chi connectivity index (χ2n) is 10.6. The molecule has 0 radical (unpaired) electrons. The Labute approximate surface area is 229 Å². The van der Waals surface area contributed by atoms with Crippen molar-refractivity contribution in [3.8, 4) is 0 Å². The highest BCUT2D eigenvalue weighted by molar-refractivity contribution is 6.00. The summed E-state index contributed by atoms with van der Waals surface area (Å²) in [5.41, 5.74) is 18.9. The van der Waals surface area contributed by atoms with Crippen molar-refractivity contribution < 1.29 is 30.1 Å². The molecule has 0 spiro atoms. The molecule has 0 aromatic heterocycles. The van der Waals surface area contributed by atoms with Gasteiger partial charge in [-0.2, -0.15) is 0 Å². The first-order valence-electron chi connectivity index (χ1n) is 13.9. The van der Waals surface area contributed by atoms with Gasteiger partial charge in [-0.3, -0.25) is 35.9 Å². The van der Waals surface area contributed by atoms with Gasteiger partial charge in [-0.15, -0.1) is 0 Å². The van der Waals surface area contributed by atoms with E-state index in [1.165, 1.54) is 6.20 Å². The third kappa shape index (κ3) is 8.33. The van der Waals surface area contributed by atoms with Crippen LogP contribution in [0.1, 0.15) is 64.2 Å². The molecule has 5 unspecified atom stereocenters. The molecule has 14 N–H and O–H groups in total. The summed E-state index contributed by atoms with van der Waals surface area (Å²) in [6.07, 6.45) is 6.37. The maximum Gasteiger partial charge on any atom is 0.323 e. The minimum Gasteiger partial charge on any atom is -0.480 e. The van der Waals surface area contributed by atoms with Gasteiger partial charge in [0.15, 0.2) is 11.1 Å². The van der Waals surface area contributed by atoms with Crippen molar-refractivity contribution >= 4 is 18.2 Å². The molecule has 0 bridgehead atoms. The van der Waals surface area contributed by atoms with Gasteiger partial charge in [-0.25, -0.2) is 0 Å². The number of unbranched alkanes of at least 4 members (excludes halogenated alkanes) is 2. The van der Waals surface area contributed by atoms with E-state index in [9.17, 15) is 30.1 Å². The fourth-order valence-electron chi connectivity index (χ4n) is 5.67. The van der Waals surface area contributed by atoms with Crippen LogP contribution in [-0.4, -0.2) is 93.9 Å². The zero-order valence-corrected chi connectivity index (χ0v) is 22.7. The van der Waals surface area contributed by atoms with E-state index in [0.717, 1.165) is 32.1 Å². The van der Waals surface area contributed by atoms with Crippen LogP contribution < -0.4 is 33.6 Å². The number of aliphatic carboxylic acids is 2. The summed E-state index contributed by atoms with van der Waals surface area (Å²) in [5, 5.41) is 50.9. The third-order valence-electron chi connectivity index (χ3n) is 7.78. The highest BCUT2D eigenvalue weighted by atomic mass is 16.5. The number of hydrogen-bond donors (Lipinski definition) is 10. The molecule has 0 saturated carbocycles. The SMILES string of the molecule is NCCCCC(N(O)/C=C(/N)C1CCCN1)C(C(=O)O)(C(=O)O)C(CCCCN)C(N)(O)C=NC1CCCN1. The molecular formula is C25H48N8O6. The summed E-state index contributed by atoms with van der Waals surface area (Å²) in [6.45, 7) is 2.03. The maximum absolute atomic E-state index is 13.1. The number of nitrogens with zero attached hydrogens (tertiary/aromatic N) is 2. The Hall–Kier alpha value is -2.33. The van der Waals surface area contributed by atoms with Crippen molar-refractivity contribution in [2.24, 2.45) is 39.3 Å². The van der Waals surface area contributed by atoms with Crippen molar-refractivity contribution in [2.75, 3.05) is 26.2 Å². The lowest BCUT2D eigenvalue weighted by Gasteiger charge is -2.46. The Morgan fingerprint density at radius 1 is 1.00 bits per heavy atom. The Morgan fingerprint density at radius 2 is 1.59 bits per heavy atom. The van der Waals surface area contributed by atoms with Crippen LogP contribution in [0.5, 0.6) is 0 Å². The Morgan fingerprint density at radius 3 is 2.10 bits per heavy atom. The molecule has 0 aromatic carbocycles. The van der Waals surface area contributed by atoms with Crippen LogP contribution in [0.25, 0.3) is 0 Å². The molecule has 2 heterocycles. The summed E-state index contributed by atoms with van der Waals surface area (Å²) < 4.78 is 0. The van der Waals surface area contributed by atoms with E-state index in [-0.39, 0.29) is 43.8 Å². The summed E-state index contributed by atoms with van der Waals surface area (Å²) in [4.78, 5) is 30.5. The second kappa shape index (κ2) is 15.5. The highest BCUT2D eigenvalue weighted by Gasteiger charge is 2.64. The lowest BCUT2D eigenvalue weighted by molar-refractivity contribution is -0.202. The number of carboxylic acids is 2. The Bertz CT molecular complexity index is 828. The van der Waals surface area contributed by atoms with E-state index in [4.69, 9.17) is 22.9 Å². The fourth-order valence-corrected chi connectivity index (χ4v) is 5.67. The fraction of sp³-hybridized carbons (Fsp3) is 0.800. The molecule has 5 atom stereocenters. The summed E-state index contributed by atoms with van der Waals surface area (Å²) in [7, 11) is 0. The molecule has 14 heteroatoms. The predicted molar refractivity (Wildman–Crippen MR) is 146 cm³/mol. The topological polar surface area (TPSA) is 259 Å². The van der Waals surface area contributed by atoms with Crippen LogP contribution in [0.2, 0.25) is 0 Å². The van der Waals surface area contributed by atoms with E-state index in [1.54, 1.807) is 0 Å². The maximum atomic E-state index is 13.1. The van der Waals surface area contributed by atoms with E-state index < -0.39 is 35.0 Å². The molecule has 2 fully saturated rings. The molecule has 224 valence electrons. The van der Waals surface area contributed by atoms with Crippen molar-refractivity contribution in [3.63, 3.8) is 0 Å². The first kappa shape index (κ1) is 32.9. The lowest BCUT2D eigenvalue weighted by atomic mass is 9.62. The van der Waals surface area contributed by atoms with Crippen molar-refractivity contribution in [2.45, 2.75) is 88.2 Å². The van der Waals surface area contributed by atoms with E-state index in [1.807, 2.05) is 0 Å². The molecule has 0 aliphatic carbocycles. The van der Waals surface area contributed by atoms with E-state index in [2.05, 4.69) is 15.6 Å². The third-order valence-corrected chi connectivity index (χ3v) is 7.78. The van der Waals surface area contributed by atoms with Gasteiger partial charge >= 0.3 is 11.9 Å². The number of hydrogen-bond acceptors (Lipinski definition) is 12. The summed E-state index contributed by atoms with van der Waals surface area (Å²) >= 11 is 0. The molecule has 39 heavy (non-hydrogen) atoms. The summed E-state index contributed by atoms with van der Waals surface area (Å²) in [5.74, 6) is -5.08. The van der Waals surface area contributed by atoms with Gasteiger partial charge in [-0.05, 0) is 84.0 Å².